The molecule has 8 nitrogen and oxygen atoms in total. The molecule has 1 N–H and O–H groups in total. The van der Waals surface area contributed by atoms with Gasteiger partial charge in [0.25, 0.3) is 0 Å². The summed E-state index contributed by atoms with van der Waals surface area (Å²) in [4.78, 5) is 20.6. The highest BCUT2D eigenvalue weighted by atomic mass is 32.2. The lowest BCUT2D eigenvalue weighted by atomic mass is 9.98. The molecular formula is C26H27F2N3O5S. The SMILES string of the molecule is CCOc1cc(C(CS(C)(=O)=O)n2c(=O)[nH]c3c(C)c(-c4ccccc4C)cnc32)ccc1OC(F)F. The molecule has 37 heavy (non-hydrogen) atoms. The first kappa shape index (κ1) is 26.3. The molecule has 0 fully saturated rings. The van der Waals surface area contributed by atoms with Gasteiger partial charge in [0.1, 0.15) is 9.84 Å². The molecule has 2 heterocycles. The van der Waals surface area contributed by atoms with E-state index in [0.717, 1.165) is 28.5 Å². The van der Waals surface area contributed by atoms with E-state index in [1.807, 2.05) is 38.1 Å². The van der Waals surface area contributed by atoms with Gasteiger partial charge in [0.2, 0.25) is 0 Å². The van der Waals surface area contributed by atoms with Gasteiger partial charge in [0, 0.05) is 18.0 Å². The van der Waals surface area contributed by atoms with E-state index in [-0.39, 0.29) is 23.8 Å². The number of H-pyrrole nitrogens is 1. The third kappa shape index (κ3) is 5.51. The molecule has 4 rings (SSSR count). The second-order valence-electron chi connectivity index (χ2n) is 8.74. The number of ether oxygens (including phenoxy) is 2. The van der Waals surface area contributed by atoms with Crippen LogP contribution in [0.2, 0.25) is 0 Å². The zero-order valence-electron chi connectivity index (χ0n) is 20.8. The van der Waals surface area contributed by atoms with Crippen LogP contribution >= 0.6 is 0 Å². The fourth-order valence-corrected chi connectivity index (χ4v) is 5.34. The molecule has 0 amide bonds. The molecule has 2 aromatic carbocycles. The topological polar surface area (TPSA) is 103 Å². The number of sulfone groups is 1. The Morgan fingerprint density at radius 1 is 1.08 bits per heavy atom. The number of aromatic amines is 1. The molecule has 4 aromatic rings. The Morgan fingerprint density at radius 2 is 1.81 bits per heavy atom. The summed E-state index contributed by atoms with van der Waals surface area (Å²) in [6, 6.07) is 10.9. The standard InChI is InChI=1S/C26H27F2N3O5S/c1-5-35-22-12-17(10-11-21(22)36-25(27)28)20(14-37(4,33)34)31-24-23(30-26(31)32)16(3)19(13-29-24)18-9-7-6-8-15(18)2/h6-13,20,25H,5,14H2,1-4H3,(H,30,32). The molecule has 11 heteroatoms. The van der Waals surface area contributed by atoms with Gasteiger partial charge in [-0.3, -0.25) is 4.57 Å². The Kier molecular flexibility index (Phi) is 7.35. The van der Waals surface area contributed by atoms with Crippen molar-refractivity contribution in [2.24, 2.45) is 0 Å². The Morgan fingerprint density at radius 3 is 2.46 bits per heavy atom. The van der Waals surface area contributed by atoms with Crippen molar-refractivity contribution in [2.75, 3.05) is 18.6 Å². The summed E-state index contributed by atoms with van der Waals surface area (Å²) in [5.41, 5.74) is 4.19. The number of rotatable bonds is 9. The van der Waals surface area contributed by atoms with E-state index in [2.05, 4.69) is 14.7 Å². The van der Waals surface area contributed by atoms with E-state index in [9.17, 15) is 22.0 Å². The van der Waals surface area contributed by atoms with Gasteiger partial charge in [-0.25, -0.2) is 18.2 Å². The summed E-state index contributed by atoms with van der Waals surface area (Å²) >= 11 is 0. The number of alkyl halides is 2. The summed E-state index contributed by atoms with van der Waals surface area (Å²) in [5.74, 6) is -0.611. The lowest BCUT2D eigenvalue weighted by Crippen LogP contribution is -2.28. The number of aryl methyl sites for hydroxylation is 2. The van der Waals surface area contributed by atoms with Crippen LogP contribution in [-0.4, -0.2) is 48.2 Å². The van der Waals surface area contributed by atoms with E-state index in [1.165, 1.54) is 22.8 Å². The first-order chi connectivity index (χ1) is 17.5. The minimum Gasteiger partial charge on any atom is -0.490 e. The van der Waals surface area contributed by atoms with Crippen molar-refractivity contribution in [2.45, 2.75) is 33.4 Å². The fourth-order valence-electron chi connectivity index (χ4n) is 4.42. The highest BCUT2D eigenvalue weighted by Crippen LogP contribution is 2.35. The number of hydrogen-bond donors (Lipinski definition) is 1. The molecule has 0 saturated heterocycles. The summed E-state index contributed by atoms with van der Waals surface area (Å²) in [5, 5.41) is 0. The van der Waals surface area contributed by atoms with Crippen LogP contribution in [-0.2, 0) is 9.84 Å². The third-order valence-electron chi connectivity index (χ3n) is 6.07. The Balaban J connectivity index is 1.91. The summed E-state index contributed by atoms with van der Waals surface area (Å²) in [6.45, 7) is 2.61. The van der Waals surface area contributed by atoms with Crippen LogP contribution in [0.4, 0.5) is 8.78 Å². The van der Waals surface area contributed by atoms with Gasteiger partial charge in [-0.1, -0.05) is 30.3 Å². The molecule has 1 atom stereocenters. The maximum atomic E-state index is 13.2. The monoisotopic (exact) mass is 531 g/mol. The molecule has 196 valence electrons. The van der Waals surface area contributed by atoms with Crippen LogP contribution in [0, 0.1) is 13.8 Å². The van der Waals surface area contributed by atoms with E-state index in [0.29, 0.717) is 11.1 Å². The van der Waals surface area contributed by atoms with Gasteiger partial charge in [-0.2, -0.15) is 8.78 Å². The maximum Gasteiger partial charge on any atom is 0.387 e. The summed E-state index contributed by atoms with van der Waals surface area (Å²) in [6.07, 6.45) is 2.72. The number of benzene rings is 2. The van der Waals surface area contributed by atoms with Crippen LogP contribution < -0.4 is 15.2 Å². The van der Waals surface area contributed by atoms with Crippen LogP contribution in [0.15, 0.2) is 53.5 Å². The Labute approximate surface area is 212 Å². The molecule has 0 saturated carbocycles. The van der Waals surface area contributed by atoms with Crippen LogP contribution in [0.3, 0.4) is 0 Å². The lowest BCUT2D eigenvalue weighted by molar-refractivity contribution is -0.0514. The molecule has 0 radical (unpaired) electrons. The summed E-state index contributed by atoms with van der Waals surface area (Å²) in [7, 11) is -3.60. The number of aromatic nitrogens is 3. The van der Waals surface area contributed by atoms with E-state index >= 15 is 0 Å². The largest absolute Gasteiger partial charge is 0.490 e. The summed E-state index contributed by atoms with van der Waals surface area (Å²) < 4.78 is 61.9. The second kappa shape index (κ2) is 10.3. The van der Waals surface area contributed by atoms with Gasteiger partial charge in [0.15, 0.2) is 17.1 Å². The van der Waals surface area contributed by atoms with Crippen molar-refractivity contribution in [3.05, 3.63) is 75.8 Å². The maximum absolute atomic E-state index is 13.2. The van der Waals surface area contributed by atoms with Crippen molar-refractivity contribution in [3.63, 3.8) is 0 Å². The molecule has 2 aromatic heterocycles. The van der Waals surface area contributed by atoms with Crippen LogP contribution in [0.5, 0.6) is 11.5 Å². The zero-order valence-corrected chi connectivity index (χ0v) is 21.6. The number of pyridine rings is 1. The van der Waals surface area contributed by atoms with Gasteiger partial charge in [-0.15, -0.1) is 0 Å². The van der Waals surface area contributed by atoms with Crippen molar-refractivity contribution in [1.29, 1.82) is 0 Å². The molecule has 0 aliphatic heterocycles. The number of fused-ring (bicyclic) bond motifs is 1. The van der Waals surface area contributed by atoms with E-state index in [4.69, 9.17) is 4.74 Å². The minimum atomic E-state index is -3.60. The molecule has 1 unspecified atom stereocenters. The average Bonchev–Trinajstić information content (AvgIpc) is 3.15. The predicted molar refractivity (Wildman–Crippen MR) is 137 cm³/mol. The highest BCUT2D eigenvalue weighted by Gasteiger charge is 2.27. The first-order valence-electron chi connectivity index (χ1n) is 11.5. The number of nitrogens with zero attached hydrogens (tertiary/aromatic N) is 2. The number of nitrogens with one attached hydrogen (secondary N) is 1. The fraction of sp³-hybridized carbons (Fsp3) is 0.308. The Bertz CT molecular complexity index is 1610. The van der Waals surface area contributed by atoms with Gasteiger partial charge in [0.05, 0.1) is 23.9 Å². The normalized spacial score (nSPS) is 12.7. The number of imidazole rings is 1. The quantitative estimate of drug-likeness (QED) is 0.338. The highest BCUT2D eigenvalue weighted by molar-refractivity contribution is 7.90. The molecule has 0 aliphatic rings. The van der Waals surface area contributed by atoms with Gasteiger partial charge in [-0.05, 0) is 55.2 Å². The molecular weight excluding hydrogens is 504 g/mol. The molecule has 0 spiro atoms. The van der Waals surface area contributed by atoms with Gasteiger partial charge >= 0.3 is 12.3 Å². The van der Waals surface area contributed by atoms with E-state index in [1.54, 1.807) is 13.1 Å². The van der Waals surface area contributed by atoms with Crippen molar-refractivity contribution in [3.8, 4) is 22.6 Å². The van der Waals surface area contributed by atoms with E-state index < -0.39 is 33.9 Å². The van der Waals surface area contributed by atoms with Gasteiger partial charge < -0.3 is 14.5 Å². The van der Waals surface area contributed by atoms with Crippen molar-refractivity contribution >= 4 is 21.0 Å². The number of halogens is 2. The number of hydrogen-bond acceptors (Lipinski definition) is 6. The van der Waals surface area contributed by atoms with Crippen molar-refractivity contribution in [1.82, 2.24) is 14.5 Å². The second-order valence-corrected chi connectivity index (χ2v) is 10.9. The van der Waals surface area contributed by atoms with Crippen LogP contribution in [0.1, 0.15) is 29.7 Å². The minimum absolute atomic E-state index is 0.0117. The smallest absolute Gasteiger partial charge is 0.387 e. The van der Waals surface area contributed by atoms with Crippen molar-refractivity contribution < 1.29 is 26.7 Å². The third-order valence-corrected chi connectivity index (χ3v) is 6.99. The first-order valence-corrected chi connectivity index (χ1v) is 13.6. The average molecular weight is 532 g/mol. The Hall–Kier alpha value is -3.73. The molecule has 0 aliphatic carbocycles. The predicted octanol–water partition coefficient (Wildman–Crippen LogP) is 4.64. The molecule has 0 bridgehead atoms. The zero-order chi connectivity index (χ0) is 26.9. The van der Waals surface area contributed by atoms with Crippen LogP contribution in [0.25, 0.3) is 22.3 Å². The lowest BCUT2D eigenvalue weighted by Gasteiger charge is -2.20.